The minimum atomic E-state index is 0.161. The van der Waals surface area contributed by atoms with Crippen LogP contribution in [0.15, 0.2) is 54.6 Å². The summed E-state index contributed by atoms with van der Waals surface area (Å²) in [5, 5.41) is 3.82. The first-order valence-corrected chi connectivity index (χ1v) is 11.5. The fraction of sp³-hybridized carbons (Fsp3) is 0.444. The minimum Gasteiger partial charge on any atom is -0.377 e. The normalized spacial score (nSPS) is 25.3. The lowest BCUT2D eigenvalue weighted by Gasteiger charge is -2.39. The van der Waals surface area contributed by atoms with Gasteiger partial charge in [0.05, 0.1) is 17.3 Å². The van der Waals surface area contributed by atoms with E-state index in [0.717, 1.165) is 30.5 Å². The molecule has 3 aliphatic rings. The van der Waals surface area contributed by atoms with Crippen LogP contribution in [0.5, 0.6) is 0 Å². The number of hydrogen-bond donors (Lipinski definition) is 1. The highest BCUT2D eigenvalue weighted by atomic mass is 16.2. The van der Waals surface area contributed by atoms with Crippen molar-refractivity contribution in [2.45, 2.75) is 63.5 Å². The van der Waals surface area contributed by atoms with Crippen LogP contribution in [0.1, 0.15) is 77.5 Å². The maximum Gasteiger partial charge on any atom is 0.255 e. The van der Waals surface area contributed by atoms with E-state index in [1.807, 2.05) is 18.0 Å². The van der Waals surface area contributed by atoms with Crippen LogP contribution in [-0.4, -0.2) is 23.9 Å². The summed E-state index contributed by atoms with van der Waals surface area (Å²) in [7, 11) is 2.00. The van der Waals surface area contributed by atoms with Crippen LogP contribution in [0.4, 0.5) is 5.69 Å². The SMILES string of the molecule is Cc1ccc(C2Nc3c(C(=O)N(C)C4CCCCC4)cccc3C3C=CCC32)cc1. The molecule has 156 valence electrons. The van der Waals surface area contributed by atoms with E-state index in [-0.39, 0.29) is 11.9 Å². The zero-order valence-corrected chi connectivity index (χ0v) is 18.1. The number of allylic oxidation sites excluding steroid dienone is 2. The van der Waals surface area contributed by atoms with E-state index >= 15 is 0 Å². The van der Waals surface area contributed by atoms with Crippen molar-refractivity contribution < 1.29 is 4.79 Å². The van der Waals surface area contributed by atoms with Gasteiger partial charge in [0.2, 0.25) is 0 Å². The minimum absolute atomic E-state index is 0.161. The molecule has 2 aromatic carbocycles. The largest absolute Gasteiger partial charge is 0.377 e. The van der Waals surface area contributed by atoms with Gasteiger partial charge in [-0.25, -0.2) is 0 Å². The third-order valence-corrected chi connectivity index (χ3v) is 7.51. The third kappa shape index (κ3) is 3.34. The van der Waals surface area contributed by atoms with Gasteiger partial charge in [0.1, 0.15) is 0 Å². The summed E-state index contributed by atoms with van der Waals surface area (Å²) in [6.45, 7) is 2.13. The molecule has 0 radical (unpaired) electrons. The zero-order chi connectivity index (χ0) is 20.7. The van der Waals surface area contributed by atoms with Crippen molar-refractivity contribution >= 4 is 11.6 Å². The molecule has 0 bridgehead atoms. The molecule has 0 aromatic heterocycles. The van der Waals surface area contributed by atoms with Crippen molar-refractivity contribution in [3.63, 3.8) is 0 Å². The van der Waals surface area contributed by atoms with Crippen LogP contribution in [0.2, 0.25) is 0 Å². The smallest absolute Gasteiger partial charge is 0.255 e. The van der Waals surface area contributed by atoms with E-state index in [4.69, 9.17) is 0 Å². The van der Waals surface area contributed by atoms with Crippen molar-refractivity contribution in [2.24, 2.45) is 5.92 Å². The number of para-hydroxylation sites is 1. The molecule has 5 rings (SSSR count). The second-order valence-corrected chi connectivity index (χ2v) is 9.36. The van der Waals surface area contributed by atoms with Gasteiger partial charge in [0.15, 0.2) is 0 Å². The van der Waals surface area contributed by atoms with Crippen LogP contribution in [0.25, 0.3) is 0 Å². The zero-order valence-electron chi connectivity index (χ0n) is 18.1. The lowest BCUT2D eigenvalue weighted by atomic mass is 9.76. The highest BCUT2D eigenvalue weighted by molar-refractivity contribution is 6.01. The van der Waals surface area contributed by atoms with Crippen molar-refractivity contribution in [3.05, 3.63) is 76.9 Å². The number of rotatable bonds is 3. The number of aryl methyl sites for hydroxylation is 1. The Morgan fingerprint density at radius 2 is 1.80 bits per heavy atom. The molecule has 1 N–H and O–H groups in total. The molecule has 1 fully saturated rings. The van der Waals surface area contributed by atoms with Crippen molar-refractivity contribution in [1.82, 2.24) is 4.90 Å². The van der Waals surface area contributed by atoms with E-state index in [1.54, 1.807) is 0 Å². The summed E-state index contributed by atoms with van der Waals surface area (Å²) in [6, 6.07) is 15.8. The van der Waals surface area contributed by atoms with Gasteiger partial charge in [-0.15, -0.1) is 0 Å². The lowest BCUT2D eigenvalue weighted by molar-refractivity contribution is 0.0697. The number of amides is 1. The van der Waals surface area contributed by atoms with E-state index in [0.29, 0.717) is 17.9 Å². The number of anilines is 1. The van der Waals surface area contributed by atoms with E-state index in [9.17, 15) is 4.79 Å². The maximum absolute atomic E-state index is 13.6. The van der Waals surface area contributed by atoms with Crippen molar-refractivity contribution in [3.8, 4) is 0 Å². The Morgan fingerprint density at radius 3 is 2.57 bits per heavy atom. The van der Waals surface area contributed by atoms with Gasteiger partial charge in [0.25, 0.3) is 5.91 Å². The molecular weight excluding hydrogens is 368 g/mol. The molecule has 3 atom stereocenters. The topological polar surface area (TPSA) is 32.3 Å². The Morgan fingerprint density at radius 1 is 1.03 bits per heavy atom. The number of hydrogen-bond acceptors (Lipinski definition) is 2. The maximum atomic E-state index is 13.6. The van der Waals surface area contributed by atoms with Crippen molar-refractivity contribution in [1.29, 1.82) is 0 Å². The summed E-state index contributed by atoms with van der Waals surface area (Å²) >= 11 is 0. The summed E-state index contributed by atoms with van der Waals surface area (Å²) in [5.41, 5.74) is 5.74. The number of carbonyl (C=O) groups is 1. The van der Waals surface area contributed by atoms with Crippen LogP contribution in [-0.2, 0) is 0 Å². The van der Waals surface area contributed by atoms with Crippen LogP contribution in [0.3, 0.4) is 0 Å². The second kappa shape index (κ2) is 7.94. The van der Waals surface area contributed by atoms with Gasteiger partial charge in [0, 0.05) is 19.0 Å². The summed E-state index contributed by atoms with van der Waals surface area (Å²) < 4.78 is 0. The third-order valence-electron chi connectivity index (χ3n) is 7.51. The second-order valence-electron chi connectivity index (χ2n) is 9.36. The molecule has 1 heterocycles. The number of carbonyl (C=O) groups excluding carboxylic acids is 1. The van der Waals surface area contributed by atoms with E-state index in [1.165, 1.54) is 36.0 Å². The average Bonchev–Trinajstić information content (AvgIpc) is 3.29. The molecule has 30 heavy (non-hydrogen) atoms. The molecule has 1 aliphatic heterocycles. The summed E-state index contributed by atoms with van der Waals surface area (Å²) in [5.74, 6) is 1.04. The molecule has 1 saturated carbocycles. The fourth-order valence-corrected chi connectivity index (χ4v) is 5.73. The summed E-state index contributed by atoms with van der Waals surface area (Å²) in [6.07, 6.45) is 11.8. The number of nitrogens with zero attached hydrogens (tertiary/aromatic N) is 1. The van der Waals surface area contributed by atoms with Gasteiger partial charge in [-0.3, -0.25) is 4.79 Å². The molecule has 2 aliphatic carbocycles. The molecule has 3 heteroatoms. The first-order chi connectivity index (χ1) is 14.6. The van der Waals surface area contributed by atoms with Gasteiger partial charge in [-0.05, 0) is 49.3 Å². The average molecular weight is 401 g/mol. The first-order valence-electron chi connectivity index (χ1n) is 11.5. The molecular formula is C27H32N2O. The van der Waals surface area contributed by atoms with Crippen LogP contribution in [0, 0.1) is 12.8 Å². The molecule has 0 spiro atoms. The Kier molecular flexibility index (Phi) is 5.14. The number of nitrogens with one attached hydrogen (secondary N) is 1. The Labute approximate surface area is 180 Å². The molecule has 2 aromatic rings. The lowest BCUT2D eigenvalue weighted by Crippen LogP contribution is -2.39. The Hall–Kier alpha value is -2.55. The number of fused-ring (bicyclic) bond motifs is 3. The van der Waals surface area contributed by atoms with Gasteiger partial charge in [-0.1, -0.05) is 73.4 Å². The van der Waals surface area contributed by atoms with E-state index < -0.39 is 0 Å². The van der Waals surface area contributed by atoms with Gasteiger partial charge in [-0.2, -0.15) is 0 Å². The summed E-state index contributed by atoms with van der Waals surface area (Å²) in [4.78, 5) is 15.6. The van der Waals surface area contributed by atoms with E-state index in [2.05, 4.69) is 60.8 Å². The predicted molar refractivity (Wildman–Crippen MR) is 123 cm³/mol. The number of benzene rings is 2. The first kappa shape index (κ1) is 19.4. The highest BCUT2D eigenvalue weighted by Crippen LogP contribution is 2.50. The molecule has 0 saturated heterocycles. The quantitative estimate of drug-likeness (QED) is 0.620. The monoisotopic (exact) mass is 400 g/mol. The van der Waals surface area contributed by atoms with Gasteiger partial charge >= 0.3 is 0 Å². The Balaban J connectivity index is 1.51. The highest BCUT2D eigenvalue weighted by Gasteiger charge is 2.39. The predicted octanol–water partition coefficient (Wildman–Crippen LogP) is 6.23. The van der Waals surface area contributed by atoms with Crippen molar-refractivity contribution in [2.75, 3.05) is 12.4 Å². The molecule has 3 unspecified atom stereocenters. The standard InChI is InChI=1S/C27H32N2O/c1-18-14-16-19(17-15-18)25-22-11-6-10-21(22)23-12-7-13-24(26(23)28-25)27(30)29(2)20-8-4-3-5-9-20/h6-7,10,12-17,20-22,25,28H,3-5,8-9,11H2,1-2H3. The van der Waals surface area contributed by atoms with Crippen LogP contribution < -0.4 is 5.32 Å². The van der Waals surface area contributed by atoms with Gasteiger partial charge < -0.3 is 10.2 Å². The molecule has 3 nitrogen and oxygen atoms in total. The molecule has 1 amide bonds. The fourth-order valence-electron chi connectivity index (χ4n) is 5.73. The Bertz CT molecular complexity index is 955. The van der Waals surface area contributed by atoms with Crippen LogP contribution >= 0.6 is 0 Å².